The van der Waals surface area contributed by atoms with Crippen molar-refractivity contribution in [2.24, 2.45) is 5.73 Å². The van der Waals surface area contributed by atoms with E-state index in [9.17, 15) is 0 Å². The standard InChI is InChI=1S/C8H20NO.CH3NO2.ClH/c1-9(2,3)7-5-4-6-8-10;2-1(3)4;/h10H,4-8H2,1-3H3;2H2,(H,3,4);1H/q+1;;/p-1. The quantitative estimate of drug-likeness (QED) is 0.507. The highest BCUT2D eigenvalue weighted by molar-refractivity contribution is 5.85. The van der Waals surface area contributed by atoms with Crippen LogP contribution in [0.25, 0.3) is 0 Å². The Morgan fingerprint density at radius 3 is 1.93 bits per heavy atom. The first-order valence-electron chi connectivity index (χ1n) is 4.67. The molecule has 6 heteroatoms. The van der Waals surface area contributed by atoms with Gasteiger partial charge in [0.1, 0.15) is 6.09 Å². The van der Waals surface area contributed by atoms with Gasteiger partial charge >= 0.3 is 0 Å². The third kappa shape index (κ3) is 42.3. The summed E-state index contributed by atoms with van der Waals surface area (Å²) in [6.45, 7) is 1.55. The summed E-state index contributed by atoms with van der Waals surface area (Å²) in [6, 6.07) is 0. The Morgan fingerprint density at radius 1 is 1.27 bits per heavy atom. The van der Waals surface area contributed by atoms with E-state index in [-0.39, 0.29) is 12.4 Å². The van der Waals surface area contributed by atoms with Crippen molar-refractivity contribution >= 4 is 18.5 Å². The van der Waals surface area contributed by atoms with E-state index >= 15 is 0 Å². The van der Waals surface area contributed by atoms with Crippen LogP contribution in [-0.2, 0) is 0 Å². The molecule has 0 radical (unpaired) electrons. The summed E-state index contributed by atoms with van der Waals surface area (Å²) in [6.07, 6.45) is 1.76. The van der Waals surface area contributed by atoms with Gasteiger partial charge in [-0.25, -0.2) is 0 Å². The molecule has 0 rings (SSSR count). The Kier molecular flexibility index (Phi) is 15.4. The average molecular weight is 243 g/mol. The second-order valence-corrected chi connectivity index (χ2v) is 4.12. The minimum Gasteiger partial charge on any atom is -0.530 e. The number of carbonyl (C=O) groups is 1. The number of nitrogens with zero attached hydrogens (tertiary/aromatic N) is 1. The third-order valence-electron chi connectivity index (χ3n) is 1.49. The molecule has 0 bridgehead atoms. The van der Waals surface area contributed by atoms with E-state index < -0.39 is 6.09 Å². The lowest BCUT2D eigenvalue weighted by molar-refractivity contribution is -0.870. The van der Waals surface area contributed by atoms with Crippen molar-refractivity contribution in [3.8, 4) is 0 Å². The number of carboxylic acid groups (broad SMARTS) is 1. The highest BCUT2D eigenvalue weighted by Gasteiger charge is 2.04. The molecule has 0 atom stereocenters. The van der Waals surface area contributed by atoms with Gasteiger partial charge in [-0.1, -0.05) is 0 Å². The Balaban J connectivity index is -0.000000249. The van der Waals surface area contributed by atoms with Crippen molar-refractivity contribution in [2.75, 3.05) is 34.3 Å². The van der Waals surface area contributed by atoms with E-state index in [1.807, 2.05) is 0 Å². The van der Waals surface area contributed by atoms with Crippen molar-refractivity contribution < 1.29 is 19.5 Å². The summed E-state index contributed by atoms with van der Waals surface area (Å²) in [4.78, 5) is 8.67. The van der Waals surface area contributed by atoms with Gasteiger partial charge in [-0.3, -0.25) is 0 Å². The predicted octanol–water partition coefficient (Wildman–Crippen LogP) is -0.435. The minimum atomic E-state index is -1.58. The van der Waals surface area contributed by atoms with E-state index in [2.05, 4.69) is 26.9 Å². The number of aliphatic hydroxyl groups excluding tert-OH is 1. The average Bonchev–Trinajstić information content (AvgIpc) is 1.95. The fourth-order valence-electron chi connectivity index (χ4n) is 0.875. The molecule has 1 amide bonds. The molecule has 0 aliphatic heterocycles. The number of unbranched alkanes of at least 4 members (excludes halogenated alkanes) is 2. The molecule has 0 aliphatic carbocycles. The molecule has 0 aromatic rings. The first-order chi connectivity index (χ1) is 6.29. The number of primary amides is 1. The SMILES string of the molecule is C[N+](C)(C)CCCCCO.Cl.NC(=O)[O-]. The first-order valence-corrected chi connectivity index (χ1v) is 4.67. The molecule has 5 nitrogen and oxygen atoms in total. The molecule has 0 saturated carbocycles. The van der Waals surface area contributed by atoms with Crippen molar-refractivity contribution in [3.63, 3.8) is 0 Å². The zero-order chi connectivity index (χ0) is 11.6. The van der Waals surface area contributed by atoms with Crippen LogP contribution < -0.4 is 10.8 Å². The van der Waals surface area contributed by atoms with Gasteiger partial charge in [-0.2, -0.15) is 0 Å². The topological polar surface area (TPSA) is 86.4 Å². The van der Waals surface area contributed by atoms with Gasteiger partial charge in [-0.15, -0.1) is 12.4 Å². The van der Waals surface area contributed by atoms with Crippen molar-refractivity contribution in [3.05, 3.63) is 0 Å². The number of carbonyl (C=O) groups excluding carboxylic acids is 1. The lowest BCUT2D eigenvalue weighted by atomic mass is 10.2. The molecule has 0 aliphatic rings. The molecule has 0 spiro atoms. The summed E-state index contributed by atoms with van der Waals surface area (Å²) in [5, 5.41) is 17.2. The molecule has 0 unspecified atom stereocenters. The zero-order valence-electron chi connectivity index (χ0n) is 9.73. The Bertz CT molecular complexity index is 145. The molecule has 0 heterocycles. The zero-order valence-corrected chi connectivity index (χ0v) is 10.5. The van der Waals surface area contributed by atoms with Crippen LogP contribution in [0.4, 0.5) is 4.79 Å². The molecule has 0 fully saturated rings. The van der Waals surface area contributed by atoms with Gasteiger partial charge in [0.25, 0.3) is 0 Å². The maximum atomic E-state index is 8.67. The number of hydrogen-bond acceptors (Lipinski definition) is 3. The summed E-state index contributed by atoms with van der Waals surface area (Å²) < 4.78 is 1.03. The van der Waals surface area contributed by atoms with E-state index in [1.165, 1.54) is 13.0 Å². The van der Waals surface area contributed by atoms with Crippen LogP contribution in [0.3, 0.4) is 0 Å². The number of hydrogen-bond donors (Lipinski definition) is 2. The predicted molar refractivity (Wildman–Crippen MR) is 60.7 cm³/mol. The molecule has 0 saturated heterocycles. The van der Waals surface area contributed by atoms with Crippen molar-refractivity contribution in [2.45, 2.75) is 19.3 Å². The van der Waals surface area contributed by atoms with Crippen LogP contribution in [0.15, 0.2) is 0 Å². The lowest BCUT2D eigenvalue weighted by Gasteiger charge is -2.23. The number of quaternary nitrogens is 1. The molecule has 0 aromatic heterocycles. The Labute approximate surface area is 97.9 Å². The van der Waals surface area contributed by atoms with Gasteiger partial charge in [0.15, 0.2) is 0 Å². The first kappa shape index (κ1) is 20.0. The van der Waals surface area contributed by atoms with Crippen LogP contribution in [0.2, 0.25) is 0 Å². The van der Waals surface area contributed by atoms with Crippen molar-refractivity contribution in [1.29, 1.82) is 0 Å². The maximum Gasteiger partial charge on any atom is 0.131 e. The van der Waals surface area contributed by atoms with E-state index in [4.69, 9.17) is 15.0 Å². The van der Waals surface area contributed by atoms with Gasteiger partial charge in [0.05, 0.1) is 27.7 Å². The monoisotopic (exact) mass is 242 g/mol. The summed E-state index contributed by atoms with van der Waals surface area (Å²) in [5.74, 6) is 0. The second-order valence-electron chi connectivity index (χ2n) is 4.12. The van der Waals surface area contributed by atoms with Crippen LogP contribution >= 0.6 is 12.4 Å². The summed E-state index contributed by atoms with van der Waals surface area (Å²) >= 11 is 0. The second kappa shape index (κ2) is 11.6. The fourth-order valence-corrected chi connectivity index (χ4v) is 0.875. The maximum absolute atomic E-state index is 8.67. The number of aliphatic hydroxyl groups is 1. The molecular formula is C9H23ClN2O3. The molecule has 3 N–H and O–H groups in total. The van der Waals surface area contributed by atoms with Gasteiger partial charge in [0, 0.05) is 6.61 Å². The highest BCUT2D eigenvalue weighted by atomic mass is 35.5. The Morgan fingerprint density at radius 2 is 1.67 bits per heavy atom. The number of rotatable bonds is 5. The van der Waals surface area contributed by atoms with Crippen LogP contribution in [0.5, 0.6) is 0 Å². The van der Waals surface area contributed by atoms with Gasteiger partial charge in [0.2, 0.25) is 0 Å². The van der Waals surface area contributed by atoms with Gasteiger partial charge in [-0.05, 0) is 19.3 Å². The smallest absolute Gasteiger partial charge is 0.131 e. The highest BCUT2D eigenvalue weighted by Crippen LogP contribution is 1.99. The van der Waals surface area contributed by atoms with Crippen molar-refractivity contribution in [1.82, 2.24) is 0 Å². The van der Waals surface area contributed by atoms with E-state index in [0.29, 0.717) is 6.61 Å². The largest absolute Gasteiger partial charge is 0.530 e. The molecule has 15 heavy (non-hydrogen) atoms. The fraction of sp³-hybridized carbons (Fsp3) is 0.889. The van der Waals surface area contributed by atoms with Crippen LogP contribution in [-0.4, -0.2) is 50.0 Å². The molecular weight excluding hydrogens is 220 g/mol. The lowest BCUT2D eigenvalue weighted by Crippen LogP contribution is -2.35. The Hall–Kier alpha value is -0.520. The van der Waals surface area contributed by atoms with Crippen LogP contribution in [0.1, 0.15) is 19.3 Å². The normalized spacial score (nSPS) is 9.60. The molecule has 0 aromatic carbocycles. The number of halogens is 1. The summed E-state index contributed by atoms with van der Waals surface area (Å²) in [7, 11) is 6.58. The van der Waals surface area contributed by atoms with E-state index in [1.54, 1.807) is 0 Å². The minimum absolute atomic E-state index is 0. The van der Waals surface area contributed by atoms with E-state index in [0.717, 1.165) is 17.3 Å². The van der Waals surface area contributed by atoms with Crippen LogP contribution in [0, 0.1) is 0 Å². The third-order valence-corrected chi connectivity index (χ3v) is 1.49. The number of amides is 1. The van der Waals surface area contributed by atoms with Gasteiger partial charge < -0.3 is 25.2 Å². The number of nitrogens with two attached hydrogens (primary N) is 1. The molecule has 94 valence electrons. The summed E-state index contributed by atoms with van der Waals surface area (Å²) in [5.41, 5.74) is 3.92.